The number of hydrogen-bond donors (Lipinski definition) is 1. The third-order valence-electron chi connectivity index (χ3n) is 3.73. The van der Waals surface area contributed by atoms with E-state index in [-0.39, 0.29) is 11.9 Å². The van der Waals surface area contributed by atoms with Gasteiger partial charge >= 0.3 is 0 Å². The van der Waals surface area contributed by atoms with Crippen molar-refractivity contribution in [2.24, 2.45) is 0 Å². The molecule has 20 heavy (non-hydrogen) atoms. The van der Waals surface area contributed by atoms with Gasteiger partial charge in [-0.25, -0.2) is 0 Å². The van der Waals surface area contributed by atoms with Crippen LogP contribution in [-0.4, -0.2) is 18.5 Å². The number of fused-ring (bicyclic) bond motifs is 1. The summed E-state index contributed by atoms with van der Waals surface area (Å²) < 4.78 is 0. The summed E-state index contributed by atoms with van der Waals surface area (Å²) in [5.74, 6) is 0.0905. The second-order valence-electron chi connectivity index (χ2n) is 5.22. The molecule has 0 saturated heterocycles. The van der Waals surface area contributed by atoms with Crippen molar-refractivity contribution >= 4 is 17.3 Å². The van der Waals surface area contributed by atoms with E-state index in [1.54, 1.807) is 6.92 Å². The lowest BCUT2D eigenvalue weighted by Crippen LogP contribution is -2.44. The van der Waals surface area contributed by atoms with Crippen LogP contribution in [0.15, 0.2) is 48.5 Å². The Morgan fingerprint density at radius 3 is 2.60 bits per heavy atom. The molecule has 3 rings (SSSR count). The third kappa shape index (κ3) is 2.16. The zero-order valence-corrected chi connectivity index (χ0v) is 11.8. The molecule has 0 fully saturated rings. The topological polar surface area (TPSA) is 32.3 Å². The van der Waals surface area contributed by atoms with Gasteiger partial charge in [-0.05, 0) is 30.2 Å². The molecule has 1 aliphatic rings. The van der Waals surface area contributed by atoms with Gasteiger partial charge in [0, 0.05) is 13.5 Å². The van der Waals surface area contributed by atoms with Crippen molar-refractivity contribution in [3.63, 3.8) is 0 Å². The lowest BCUT2D eigenvalue weighted by atomic mass is 10.0. The normalized spacial score (nSPS) is 17.3. The van der Waals surface area contributed by atoms with Crippen LogP contribution < -0.4 is 10.2 Å². The Morgan fingerprint density at radius 1 is 1.15 bits per heavy atom. The molecule has 0 spiro atoms. The maximum atomic E-state index is 11.8. The smallest absolute Gasteiger partial charge is 0.224 e. The maximum Gasteiger partial charge on any atom is 0.224 e. The van der Waals surface area contributed by atoms with Crippen LogP contribution in [0.1, 0.15) is 13.8 Å². The second-order valence-corrected chi connectivity index (χ2v) is 5.22. The Labute approximate surface area is 119 Å². The highest BCUT2D eigenvalue weighted by atomic mass is 16.2. The van der Waals surface area contributed by atoms with Crippen LogP contribution in [0.4, 0.5) is 11.4 Å². The lowest BCUT2D eigenvalue weighted by Gasteiger charge is -2.35. The van der Waals surface area contributed by atoms with Crippen molar-refractivity contribution in [3.05, 3.63) is 48.5 Å². The van der Waals surface area contributed by atoms with Crippen LogP contribution in [0.25, 0.3) is 11.1 Å². The van der Waals surface area contributed by atoms with Gasteiger partial charge in [0.1, 0.15) is 0 Å². The van der Waals surface area contributed by atoms with Crippen molar-refractivity contribution in [3.8, 4) is 11.1 Å². The van der Waals surface area contributed by atoms with Gasteiger partial charge < -0.3 is 10.2 Å². The molecule has 0 saturated carbocycles. The highest BCUT2D eigenvalue weighted by Crippen LogP contribution is 2.35. The fraction of sp³-hybridized carbons (Fsp3) is 0.235. The fourth-order valence-electron chi connectivity index (χ4n) is 2.76. The summed E-state index contributed by atoms with van der Waals surface area (Å²) in [6.07, 6.45) is 0. The Hall–Kier alpha value is -2.29. The van der Waals surface area contributed by atoms with E-state index in [9.17, 15) is 4.79 Å². The van der Waals surface area contributed by atoms with E-state index in [0.29, 0.717) is 0 Å². The van der Waals surface area contributed by atoms with Crippen LogP contribution in [-0.2, 0) is 4.79 Å². The largest absolute Gasteiger partial charge is 0.381 e. The molecule has 1 N–H and O–H groups in total. The molecule has 0 unspecified atom stereocenters. The number of amides is 1. The Balaban J connectivity index is 2.04. The zero-order chi connectivity index (χ0) is 14.1. The van der Waals surface area contributed by atoms with Crippen molar-refractivity contribution in [2.75, 3.05) is 16.8 Å². The number of carbonyl (C=O) groups is 1. The summed E-state index contributed by atoms with van der Waals surface area (Å²) in [5, 5.41) is 3.41. The third-order valence-corrected chi connectivity index (χ3v) is 3.73. The number of carbonyl (C=O) groups excluding carboxylic acids is 1. The van der Waals surface area contributed by atoms with Crippen LogP contribution in [0.5, 0.6) is 0 Å². The first-order valence-corrected chi connectivity index (χ1v) is 6.90. The van der Waals surface area contributed by atoms with Gasteiger partial charge in [0.25, 0.3) is 0 Å². The summed E-state index contributed by atoms with van der Waals surface area (Å²) in [4.78, 5) is 13.7. The fourth-order valence-corrected chi connectivity index (χ4v) is 2.76. The van der Waals surface area contributed by atoms with Crippen LogP contribution in [0, 0.1) is 0 Å². The summed E-state index contributed by atoms with van der Waals surface area (Å²) in [6, 6.07) is 16.7. The summed E-state index contributed by atoms with van der Waals surface area (Å²) in [5.41, 5.74) is 4.34. The van der Waals surface area contributed by atoms with E-state index in [4.69, 9.17) is 0 Å². The molecule has 102 valence electrons. The average Bonchev–Trinajstić information content (AvgIpc) is 2.47. The van der Waals surface area contributed by atoms with Crippen LogP contribution >= 0.6 is 0 Å². The number of nitrogens with zero attached hydrogens (tertiary/aromatic N) is 1. The van der Waals surface area contributed by atoms with E-state index in [2.05, 4.69) is 36.5 Å². The van der Waals surface area contributed by atoms with E-state index in [0.717, 1.165) is 23.5 Å². The highest BCUT2D eigenvalue weighted by molar-refractivity contribution is 5.97. The minimum Gasteiger partial charge on any atom is -0.381 e. The van der Waals surface area contributed by atoms with Crippen LogP contribution in [0.2, 0.25) is 0 Å². The highest BCUT2D eigenvalue weighted by Gasteiger charge is 2.25. The van der Waals surface area contributed by atoms with Gasteiger partial charge in [0.05, 0.1) is 17.4 Å². The second kappa shape index (κ2) is 5.00. The predicted octanol–water partition coefficient (Wildman–Crippen LogP) is 3.52. The summed E-state index contributed by atoms with van der Waals surface area (Å²) >= 11 is 0. The molecule has 1 aliphatic heterocycles. The number of hydrogen-bond acceptors (Lipinski definition) is 2. The van der Waals surface area contributed by atoms with Gasteiger partial charge in [-0.2, -0.15) is 0 Å². The van der Waals surface area contributed by atoms with E-state index in [1.807, 2.05) is 29.2 Å². The molecule has 1 amide bonds. The maximum absolute atomic E-state index is 11.8. The lowest BCUT2D eigenvalue weighted by molar-refractivity contribution is -0.116. The number of rotatable bonds is 1. The molecule has 0 aliphatic carbocycles. The average molecular weight is 266 g/mol. The molecule has 0 aromatic heterocycles. The van der Waals surface area contributed by atoms with Gasteiger partial charge in [0.2, 0.25) is 5.91 Å². The summed E-state index contributed by atoms with van der Waals surface area (Å²) in [7, 11) is 0. The summed E-state index contributed by atoms with van der Waals surface area (Å²) in [6.45, 7) is 4.46. The zero-order valence-electron chi connectivity index (χ0n) is 11.8. The Kier molecular flexibility index (Phi) is 3.18. The van der Waals surface area contributed by atoms with E-state index < -0.39 is 0 Å². The van der Waals surface area contributed by atoms with Crippen LogP contribution in [0.3, 0.4) is 0 Å². The molecule has 0 bridgehead atoms. The van der Waals surface area contributed by atoms with Crippen molar-refractivity contribution in [1.82, 2.24) is 0 Å². The first-order chi connectivity index (χ1) is 9.66. The van der Waals surface area contributed by atoms with Crippen molar-refractivity contribution < 1.29 is 4.79 Å². The first kappa shape index (κ1) is 12.7. The molecule has 2 aromatic rings. The molecule has 0 radical (unpaired) electrons. The van der Waals surface area contributed by atoms with Gasteiger partial charge in [-0.1, -0.05) is 36.4 Å². The van der Waals surface area contributed by atoms with Crippen molar-refractivity contribution in [2.45, 2.75) is 19.9 Å². The minimum atomic E-state index is 0.0905. The van der Waals surface area contributed by atoms with E-state index in [1.165, 1.54) is 5.56 Å². The number of benzene rings is 2. The molecule has 2 aromatic carbocycles. The predicted molar refractivity (Wildman–Crippen MR) is 83.0 cm³/mol. The molecule has 3 nitrogen and oxygen atoms in total. The Bertz CT molecular complexity index is 637. The van der Waals surface area contributed by atoms with E-state index >= 15 is 0 Å². The number of anilines is 2. The van der Waals surface area contributed by atoms with Gasteiger partial charge in [-0.3, -0.25) is 4.79 Å². The minimum absolute atomic E-state index is 0.0905. The molecular weight excluding hydrogens is 248 g/mol. The van der Waals surface area contributed by atoms with Gasteiger partial charge in [0.15, 0.2) is 0 Å². The SMILES string of the molecule is CC(=O)N1c2ccc(-c3ccccc3)cc2NC[C@@H]1C. The van der Waals surface area contributed by atoms with Crippen molar-refractivity contribution in [1.29, 1.82) is 0 Å². The quantitative estimate of drug-likeness (QED) is 0.856. The first-order valence-electron chi connectivity index (χ1n) is 6.90. The van der Waals surface area contributed by atoms with Gasteiger partial charge in [-0.15, -0.1) is 0 Å². The Morgan fingerprint density at radius 2 is 1.90 bits per heavy atom. The molecule has 3 heteroatoms. The molecule has 1 atom stereocenters. The molecule has 1 heterocycles. The monoisotopic (exact) mass is 266 g/mol. The molecular formula is C17H18N2O. The number of nitrogens with one attached hydrogen (secondary N) is 1. The standard InChI is InChI=1S/C17H18N2O/c1-12-11-18-16-10-15(14-6-4-3-5-7-14)8-9-17(16)19(12)13(2)20/h3-10,12,18H,11H2,1-2H3/t12-/m0/s1.